The van der Waals surface area contributed by atoms with E-state index in [2.05, 4.69) is 191 Å². The molecule has 0 radical (unpaired) electrons. The zero-order chi connectivity index (χ0) is 79.6. The van der Waals surface area contributed by atoms with Gasteiger partial charge < -0.3 is 10.2 Å². The van der Waals surface area contributed by atoms with Gasteiger partial charge in [0, 0.05) is 111 Å². The van der Waals surface area contributed by atoms with Crippen LogP contribution in [0.3, 0.4) is 0 Å². The Bertz CT molecular complexity index is 5390. The molecule has 114 heavy (non-hydrogen) atoms. The molecule has 0 atom stereocenters. The standard InChI is InChI=1S/C108H100N4O2/c1-11-15-19-23-27-87-71-109-101-97-63-64-98-94(88(72-110-102(98)101)28-24-20-16-12-2)60-52-80-41-33-76(34-42-80)48-57-85-69-92(108(8,9)10)70-86(106(85)114)58-50-78-37-45-82(46-38-78)54-62-96-90(30-26-22-18-14-4)74-112-104-100(96)66-65-99-95(89(73-111-103(99)104)29-25-21-17-13-3)61-53-81-43-35-77(36-44-81)49-56-84-68-91(107(5,6)7)67-83(105(84)113)55-47-75-31-39-79(40-32-75)51-59-93(87)97/h31-46,63-74,113-114H,11-30H2,1-10H3. The van der Waals surface area contributed by atoms with Crippen LogP contribution in [0, 0.1) is 97.1 Å². The first-order valence-electron chi connectivity index (χ1n) is 41.2. The Morgan fingerprint density at radius 1 is 0.246 bits per heavy atom. The summed E-state index contributed by atoms with van der Waals surface area (Å²) in [6.07, 6.45) is 29.5. The summed E-state index contributed by atoms with van der Waals surface area (Å²) in [5, 5.41) is 40.2. The van der Waals surface area contributed by atoms with Crippen molar-refractivity contribution in [3.05, 3.63) is 301 Å². The molecule has 0 aliphatic carbocycles. The summed E-state index contributed by atoms with van der Waals surface area (Å²) >= 11 is 0. The van der Waals surface area contributed by atoms with Crippen molar-refractivity contribution in [2.45, 2.75) is 208 Å². The number of benzene rings is 8. The van der Waals surface area contributed by atoms with Crippen molar-refractivity contribution in [3.63, 3.8) is 0 Å². The van der Waals surface area contributed by atoms with Crippen LogP contribution < -0.4 is 0 Å². The minimum atomic E-state index is -0.247. The van der Waals surface area contributed by atoms with E-state index in [0.29, 0.717) is 21.5 Å². The first-order chi connectivity index (χ1) is 55.4. The number of pyridine rings is 4. The fourth-order valence-electron chi connectivity index (χ4n) is 14.5. The molecule has 6 nitrogen and oxygen atoms in total. The third kappa shape index (κ3) is 19.7. The molecule has 22 aromatic carbocycles. The fourth-order valence-corrected chi connectivity index (χ4v) is 14.5. The monoisotopic (exact) mass is 1480 g/mol. The van der Waals surface area contributed by atoms with Crippen LogP contribution in [-0.2, 0) is 36.5 Å². The van der Waals surface area contributed by atoms with E-state index < -0.39 is 0 Å². The van der Waals surface area contributed by atoms with Crippen molar-refractivity contribution in [1.29, 1.82) is 0 Å². The van der Waals surface area contributed by atoms with E-state index in [-0.39, 0.29) is 22.3 Å². The van der Waals surface area contributed by atoms with Crippen LogP contribution in [0.1, 0.15) is 205 Å². The third-order valence-electron chi connectivity index (χ3n) is 21.4. The number of rotatable bonds is 20. The summed E-state index contributed by atoms with van der Waals surface area (Å²) in [7, 11) is 0. The second-order valence-electron chi connectivity index (χ2n) is 32.2. The predicted octanol–water partition coefficient (Wildman–Crippen LogP) is 27.7. The van der Waals surface area contributed by atoms with Crippen LogP contribution in [0.5, 0.6) is 11.5 Å². The van der Waals surface area contributed by atoms with Crippen molar-refractivity contribution >= 4 is 130 Å². The number of nitrogens with zero attached hydrogens (tertiary/aromatic N) is 4. The molecule has 0 unspecified atom stereocenters. The highest BCUT2D eigenvalue weighted by molar-refractivity contribution is 6.15. The molecular formula is C108H100N4O2. The Balaban J connectivity index is 0.977. The number of hydrogen-bond donors (Lipinski definition) is 2. The molecule has 4 heterocycles. The molecule has 564 valence electrons. The van der Waals surface area contributed by atoms with Gasteiger partial charge in [-0.1, -0.05) is 268 Å². The minimum absolute atomic E-state index is 0.0456. The Labute approximate surface area is 676 Å². The largest absolute Gasteiger partial charge is 0.505 e. The van der Waals surface area contributed by atoms with E-state index in [1.54, 1.807) is 0 Å². The van der Waals surface area contributed by atoms with Crippen LogP contribution in [0.15, 0.2) is 170 Å². The molecule has 24 bridgehead atoms. The molecule has 0 amide bonds. The van der Waals surface area contributed by atoms with Gasteiger partial charge in [0.05, 0.1) is 43.6 Å². The Morgan fingerprint density at radius 2 is 0.439 bits per heavy atom. The van der Waals surface area contributed by atoms with E-state index in [4.69, 9.17) is 19.9 Å². The number of aromatic nitrogens is 4. The second kappa shape index (κ2) is 37.2. The molecule has 0 spiro atoms. The topological polar surface area (TPSA) is 92.0 Å². The number of unbranched alkanes of at least 4 members (excludes halogenated alkanes) is 12. The maximum atomic E-state index is 11.9. The number of phenolic OH excluding ortho intramolecular Hbond substituents is 2. The zero-order valence-electron chi connectivity index (χ0n) is 68.0. The van der Waals surface area contributed by atoms with Gasteiger partial charge in [0.1, 0.15) is 11.5 Å². The van der Waals surface area contributed by atoms with Crippen molar-refractivity contribution in [2.24, 2.45) is 0 Å². The minimum Gasteiger partial charge on any atom is -0.505 e. The summed E-state index contributed by atoms with van der Waals surface area (Å²) in [5.41, 5.74) is 9.23. The maximum Gasteiger partial charge on any atom is 0.146 e. The highest BCUT2D eigenvalue weighted by Crippen LogP contribution is 2.36. The van der Waals surface area contributed by atoms with Gasteiger partial charge in [0.2, 0.25) is 0 Å². The molecule has 2 N–H and O–H groups in total. The van der Waals surface area contributed by atoms with Gasteiger partial charge in [-0.3, -0.25) is 19.9 Å². The number of phenols is 2. The third-order valence-corrected chi connectivity index (χ3v) is 21.4. The van der Waals surface area contributed by atoms with Gasteiger partial charge in [0.25, 0.3) is 0 Å². The Kier molecular flexibility index (Phi) is 26.0. The molecule has 0 fully saturated rings. The van der Waals surface area contributed by atoms with Crippen LogP contribution in [0.4, 0.5) is 0 Å². The quantitative estimate of drug-likeness (QED) is 0.0583. The Hall–Kier alpha value is -12.5. The van der Waals surface area contributed by atoms with Crippen LogP contribution in [0.2, 0.25) is 0 Å². The molecule has 0 aliphatic heterocycles. The van der Waals surface area contributed by atoms with Gasteiger partial charge in [-0.25, -0.2) is 0 Å². The van der Waals surface area contributed by atoms with Gasteiger partial charge in [-0.15, -0.1) is 0 Å². The van der Waals surface area contributed by atoms with E-state index in [1.165, 1.54) is 25.7 Å². The Morgan fingerprint density at radius 3 is 0.623 bits per heavy atom. The molecule has 4 aromatic heterocycles. The molecule has 0 saturated carbocycles. The molecular weight excluding hydrogens is 1390 g/mol. The molecule has 26 aromatic rings. The lowest BCUT2D eigenvalue weighted by Gasteiger charge is -2.19. The van der Waals surface area contributed by atoms with E-state index in [1.807, 2.05) is 146 Å². The van der Waals surface area contributed by atoms with Gasteiger partial charge in [-0.05, 0) is 217 Å². The average Bonchev–Trinajstić information content (AvgIpc) is 0.758. The SMILES string of the molecule is CCCCCCc1cnc2c3ccc4c(c#cc5ccc(c#cc6cc(C(C)(C)C)cc(c#cc7ccc(c#cc8c(CCCCCC)cnc9c8ccc8c(c#cc%10ccc(c#cc%11cc(C(C)(C)C)cc(c#cc%12ccc(c#cc13)cc%12)c%11O)cc%10)c(CCCCCC)cnc89)cc7)c6O)cc5)c(CCCCCC)cnc42. The van der Waals surface area contributed by atoms with E-state index >= 15 is 0 Å². The van der Waals surface area contributed by atoms with Crippen LogP contribution in [0.25, 0.3) is 130 Å². The smallest absolute Gasteiger partial charge is 0.146 e. The van der Waals surface area contributed by atoms with E-state index in [9.17, 15) is 10.2 Å². The fraction of sp³-hybridized carbons (Fsp3) is 0.296. The van der Waals surface area contributed by atoms with Crippen LogP contribution in [-0.4, -0.2) is 30.1 Å². The summed E-state index contributed by atoms with van der Waals surface area (Å²) in [5.74, 6) is 0.0912. The van der Waals surface area contributed by atoms with Crippen LogP contribution >= 0.6 is 0 Å². The van der Waals surface area contributed by atoms with Gasteiger partial charge in [0.15, 0.2) is 0 Å². The zero-order valence-corrected chi connectivity index (χ0v) is 68.0. The second-order valence-corrected chi connectivity index (χ2v) is 32.2. The summed E-state index contributed by atoms with van der Waals surface area (Å²) in [6.45, 7) is 21.9. The average molecular weight is 1490 g/mol. The van der Waals surface area contributed by atoms with Gasteiger partial charge in [-0.2, -0.15) is 0 Å². The number of aromatic hydroxyl groups is 2. The molecule has 26 rings (SSSR count). The predicted molar refractivity (Wildman–Crippen MR) is 476 cm³/mol. The summed E-state index contributed by atoms with van der Waals surface area (Å²) in [6, 6.07) is 104. The van der Waals surface area contributed by atoms with Crippen molar-refractivity contribution in [2.75, 3.05) is 0 Å². The lowest BCUT2D eigenvalue weighted by molar-refractivity contribution is 0.485. The van der Waals surface area contributed by atoms with Crippen molar-refractivity contribution < 1.29 is 10.2 Å². The first kappa shape index (κ1) is 79.6. The van der Waals surface area contributed by atoms with E-state index in [0.717, 1.165) is 244 Å². The maximum absolute atomic E-state index is 11.9. The number of aryl methyl sites for hydroxylation is 4. The lowest BCUT2D eigenvalue weighted by atomic mass is 9.86. The van der Waals surface area contributed by atoms with Gasteiger partial charge >= 0.3 is 0 Å². The normalized spacial score (nSPS) is 11.1. The van der Waals surface area contributed by atoms with Crippen molar-refractivity contribution in [1.82, 2.24) is 19.9 Å². The molecule has 0 saturated heterocycles. The number of hydrogen-bond acceptors (Lipinski definition) is 6. The highest BCUT2D eigenvalue weighted by Gasteiger charge is 2.19. The summed E-state index contributed by atoms with van der Waals surface area (Å²) in [4.78, 5) is 20.8. The summed E-state index contributed by atoms with van der Waals surface area (Å²) < 4.78 is 0. The van der Waals surface area contributed by atoms with Crippen molar-refractivity contribution in [3.8, 4) is 11.5 Å². The molecule has 0 aliphatic rings. The highest BCUT2D eigenvalue weighted by atomic mass is 16.3. The lowest BCUT2D eigenvalue weighted by Crippen LogP contribution is -2.10. The molecule has 6 heteroatoms. The first-order valence-corrected chi connectivity index (χ1v) is 41.2.